The largest absolute Gasteiger partial charge is 0.378 e. The second-order valence-electron chi connectivity index (χ2n) is 7.35. The molecule has 4 heteroatoms. The molecule has 2 aliphatic rings. The molecule has 2 aliphatic heterocycles. The van der Waals surface area contributed by atoms with E-state index in [9.17, 15) is 4.79 Å². The van der Waals surface area contributed by atoms with Crippen LogP contribution in [-0.2, 0) is 16.0 Å². The highest BCUT2D eigenvalue weighted by molar-refractivity contribution is 5.84. The van der Waals surface area contributed by atoms with Crippen molar-refractivity contribution in [2.75, 3.05) is 39.4 Å². The van der Waals surface area contributed by atoms with E-state index in [1.54, 1.807) is 0 Å². The van der Waals surface area contributed by atoms with Crippen LogP contribution in [0, 0.1) is 5.41 Å². The van der Waals surface area contributed by atoms with Gasteiger partial charge in [-0.2, -0.15) is 0 Å². The second-order valence-corrected chi connectivity index (χ2v) is 7.35. The minimum atomic E-state index is -0.314. The van der Waals surface area contributed by atoms with E-state index in [1.165, 1.54) is 16.7 Å². The fraction of sp³-hybridized carbons (Fsp3) is 0.409. The van der Waals surface area contributed by atoms with E-state index in [-0.39, 0.29) is 11.3 Å². The van der Waals surface area contributed by atoms with Gasteiger partial charge in [-0.25, -0.2) is 0 Å². The van der Waals surface area contributed by atoms with E-state index in [0.29, 0.717) is 26.3 Å². The SMILES string of the molecule is O=C(N1CCOCC1)[C@]1(Cc2ccc(-c3ccccc3)cc2)CCNC1. The van der Waals surface area contributed by atoms with Crippen LogP contribution in [0.2, 0.25) is 0 Å². The third kappa shape index (κ3) is 3.53. The zero-order valence-electron chi connectivity index (χ0n) is 15.1. The van der Waals surface area contributed by atoms with Crippen molar-refractivity contribution in [2.45, 2.75) is 12.8 Å². The number of hydrogen-bond acceptors (Lipinski definition) is 3. The lowest BCUT2D eigenvalue weighted by Gasteiger charge is -2.36. The summed E-state index contributed by atoms with van der Waals surface area (Å²) in [7, 11) is 0. The van der Waals surface area contributed by atoms with Gasteiger partial charge in [0.15, 0.2) is 0 Å². The Bertz CT molecular complexity index is 730. The van der Waals surface area contributed by atoms with Crippen LogP contribution in [0.1, 0.15) is 12.0 Å². The highest BCUT2D eigenvalue weighted by atomic mass is 16.5. The smallest absolute Gasteiger partial charge is 0.230 e. The highest BCUT2D eigenvalue weighted by Gasteiger charge is 2.43. The first-order valence-electron chi connectivity index (χ1n) is 9.49. The number of benzene rings is 2. The van der Waals surface area contributed by atoms with Gasteiger partial charge in [0.05, 0.1) is 18.6 Å². The van der Waals surface area contributed by atoms with E-state index >= 15 is 0 Å². The van der Waals surface area contributed by atoms with E-state index < -0.39 is 0 Å². The van der Waals surface area contributed by atoms with Crippen molar-refractivity contribution in [3.05, 3.63) is 60.2 Å². The summed E-state index contributed by atoms with van der Waals surface area (Å²) in [5.41, 5.74) is 3.36. The number of carbonyl (C=O) groups is 1. The molecular formula is C22H26N2O2. The molecule has 1 N–H and O–H groups in total. The van der Waals surface area contributed by atoms with E-state index in [2.05, 4.69) is 53.8 Å². The Hall–Kier alpha value is -2.17. The van der Waals surface area contributed by atoms with Gasteiger partial charge in [-0.05, 0) is 36.1 Å². The van der Waals surface area contributed by atoms with Gasteiger partial charge < -0.3 is 15.0 Å². The highest BCUT2D eigenvalue weighted by Crippen LogP contribution is 2.33. The molecule has 0 aromatic heterocycles. The number of rotatable bonds is 4. The number of morpholine rings is 1. The van der Waals surface area contributed by atoms with E-state index in [0.717, 1.165) is 25.9 Å². The summed E-state index contributed by atoms with van der Waals surface area (Å²) in [5, 5.41) is 3.41. The van der Waals surface area contributed by atoms with Crippen molar-refractivity contribution >= 4 is 5.91 Å². The summed E-state index contributed by atoms with van der Waals surface area (Å²) in [6.07, 6.45) is 1.70. The predicted octanol–water partition coefficient (Wildman–Crippen LogP) is 2.73. The van der Waals surface area contributed by atoms with Gasteiger partial charge in [0.2, 0.25) is 5.91 Å². The molecule has 2 fully saturated rings. The number of nitrogens with one attached hydrogen (secondary N) is 1. The minimum absolute atomic E-state index is 0.290. The van der Waals surface area contributed by atoms with E-state index in [4.69, 9.17) is 4.74 Å². The predicted molar refractivity (Wildman–Crippen MR) is 103 cm³/mol. The molecule has 2 aromatic rings. The number of carbonyl (C=O) groups excluding carboxylic acids is 1. The Labute approximate surface area is 155 Å². The molecule has 4 nitrogen and oxygen atoms in total. The first kappa shape index (κ1) is 17.3. The average Bonchev–Trinajstić information content (AvgIpc) is 3.19. The van der Waals surface area contributed by atoms with Crippen molar-refractivity contribution in [2.24, 2.45) is 5.41 Å². The molecule has 2 aromatic carbocycles. The van der Waals surface area contributed by atoms with Gasteiger partial charge >= 0.3 is 0 Å². The standard InChI is InChI=1S/C22H26N2O2/c25-21(24-12-14-26-15-13-24)22(10-11-23-17-22)16-18-6-8-20(9-7-18)19-4-2-1-3-5-19/h1-9,23H,10-17H2/t22-/m0/s1. The lowest BCUT2D eigenvalue weighted by atomic mass is 9.79. The van der Waals surface area contributed by atoms with Gasteiger partial charge in [-0.1, -0.05) is 54.6 Å². The van der Waals surface area contributed by atoms with Gasteiger partial charge in [0.25, 0.3) is 0 Å². The monoisotopic (exact) mass is 350 g/mol. The quantitative estimate of drug-likeness (QED) is 0.922. The van der Waals surface area contributed by atoms with Crippen LogP contribution in [0.25, 0.3) is 11.1 Å². The van der Waals surface area contributed by atoms with Gasteiger partial charge in [-0.15, -0.1) is 0 Å². The molecule has 0 saturated carbocycles. The van der Waals surface area contributed by atoms with E-state index in [1.807, 2.05) is 11.0 Å². The topological polar surface area (TPSA) is 41.6 Å². The Balaban J connectivity index is 1.52. The third-order valence-corrected chi connectivity index (χ3v) is 5.60. The fourth-order valence-electron chi connectivity index (χ4n) is 4.09. The summed E-state index contributed by atoms with van der Waals surface area (Å²) >= 11 is 0. The molecule has 136 valence electrons. The maximum atomic E-state index is 13.2. The molecule has 0 bridgehead atoms. The average molecular weight is 350 g/mol. The summed E-state index contributed by atoms with van der Waals surface area (Å²) in [6, 6.07) is 19.1. The van der Waals surface area contributed by atoms with Crippen LogP contribution < -0.4 is 5.32 Å². The number of nitrogens with zero attached hydrogens (tertiary/aromatic N) is 1. The fourth-order valence-corrected chi connectivity index (χ4v) is 4.09. The third-order valence-electron chi connectivity index (χ3n) is 5.60. The Kier molecular flexibility index (Phi) is 5.05. The summed E-state index contributed by atoms with van der Waals surface area (Å²) in [5.74, 6) is 0.290. The molecule has 0 aliphatic carbocycles. The zero-order valence-corrected chi connectivity index (χ0v) is 15.1. The second kappa shape index (κ2) is 7.60. The lowest BCUT2D eigenvalue weighted by Crippen LogP contribution is -2.50. The molecule has 2 saturated heterocycles. The molecule has 4 rings (SSSR count). The first-order valence-corrected chi connectivity index (χ1v) is 9.49. The van der Waals surface area contributed by atoms with Crippen LogP contribution in [-0.4, -0.2) is 50.2 Å². The zero-order chi connectivity index (χ0) is 17.8. The van der Waals surface area contributed by atoms with Crippen LogP contribution in [0.5, 0.6) is 0 Å². The van der Waals surface area contributed by atoms with Gasteiger partial charge in [-0.3, -0.25) is 4.79 Å². The molecular weight excluding hydrogens is 324 g/mol. The Morgan fingerprint density at radius 3 is 2.35 bits per heavy atom. The van der Waals surface area contributed by atoms with Gasteiger partial charge in [0.1, 0.15) is 0 Å². The molecule has 0 unspecified atom stereocenters. The van der Waals surface area contributed by atoms with Crippen molar-refractivity contribution < 1.29 is 9.53 Å². The Morgan fingerprint density at radius 1 is 1.00 bits per heavy atom. The van der Waals surface area contributed by atoms with Crippen LogP contribution in [0.15, 0.2) is 54.6 Å². The number of hydrogen-bond donors (Lipinski definition) is 1. The summed E-state index contributed by atoms with van der Waals surface area (Å²) in [4.78, 5) is 15.2. The van der Waals surface area contributed by atoms with Crippen LogP contribution in [0.4, 0.5) is 0 Å². The van der Waals surface area contributed by atoms with Gasteiger partial charge in [0, 0.05) is 19.6 Å². The molecule has 26 heavy (non-hydrogen) atoms. The summed E-state index contributed by atoms with van der Waals surface area (Å²) < 4.78 is 5.41. The number of amides is 1. The summed E-state index contributed by atoms with van der Waals surface area (Å²) in [6.45, 7) is 4.42. The molecule has 1 amide bonds. The van der Waals surface area contributed by atoms with Crippen molar-refractivity contribution in [3.8, 4) is 11.1 Å². The number of ether oxygens (including phenoxy) is 1. The first-order chi connectivity index (χ1) is 12.8. The van der Waals surface area contributed by atoms with Crippen LogP contribution in [0.3, 0.4) is 0 Å². The maximum absolute atomic E-state index is 13.2. The van der Waals surface area contributed by atoms with Crippen LogP contribution >= 0.6 is 0 Å². The lowest BCUT2D eigenvalue weighted by molar-refractivity contribution is -0.145. The molecule has 2 heterocycles. The molecule has 1 atom stereocenters. The normalized spacial score (nSPS) is 23.2. The Morgan fingerprint density at radius 2 is 1.69 bits per heavy atom. The molecule has 0 radical (unpaired) electrons. The minimum Gasteiger partial charge on any atom is -0.378 e. The van der Waals surface area contributed by atoms with Crippen molar-refractivity contribution in [1.29, 1.82) is 0 Å². The van der Waals surface area contributed by atoms with Crippen molar-refractivity contribution in [1.82, 2.24) is 10.2 Å². The molecule has 0 spiro atoms. The maximum Gasteiger partial charge on any atom is 0.230 e. The van der Waals surface area contributed by atoms with Crippen molar-refractivity contribution in [3.63, 3.8) is 0 Å².